The van der Waals surface area contributed by atoms with E-state index in [1.807, 2.05) is 0 Å². The van der Waals surface area contributed by atoms with Gasteiger partial charge in [0, 0.05) is 31.8 Å². The van der Waals surface area contributed by atoms with Crippen molar-refractivity contribution in [2.24, 2.45) is 0 Å². The van der Waals surface area contributed by atoms with Crippen LogP contribution in [0.2, 0.25) is 10.0 Å². The van der Waals surface area contributed by atoms with E-state index in [4.69, 9.17) is 33.0 Å². The first-order valence-corrected chi connectivity index (χ1v) is 8.55. The number of fused-ring (bicyclic) bond motifs is 1. The van der Waals surface area contributed by atoms with E-state index in [2.05, 4.69) is 10.2 Å². The summed E-state index contributed by atoms with van der Waals surface area (Å²) in [5.41, 5.74) is 0.329. The van der Waals surface area contributed by atoms with Gasteiger partial charge >= 0.3 is 0 Å². The van der Waals surface area contributed by atoms with E-state index in [9.17, 15) is 4.79 Å². The first-order valence-electron chi connectivity index (χ1n) is 7.80. The minimum Gasteiger partial charge on any atom is -0.396 e. The second-order valence-electron chi connectivity index (χ2n) is 6.08. The van der Waals surface area contributed by atoms with Gasteiger partial charge in [0.1, 0.15) is 0 Å². The summed E-state index contributed by atoms with van der Waals surface area (Å²) in [6.45, 7) is 2.35. The Bertz CT molecular complexity index is 564. The lowest BCUT2D eigenvalue weighted by atomic mass is 10.1. The molecule has 3 atom stereocenters. The van der Waals surface area contributed by atoms with Gasteiger partial charge in [0.25, 0.3) is 5.91 Å². The number of hydrogen-bond donors (Lipinski definition) is 2. The molecule has 2 fully saturated rings. The number of carbonyl (C=O) groups excluding carboxylic acids is 1. The minimum absolute atomic E-state index is 0.0521. The van der Waals surface area contributed by atoms with Crippen LogP contribution in [0.15, 0.2) is 18.2 Å². The maximum atomic E-state index is 12.5. The highest BCUT2D eigenvalue weighted by molar-refractivity contribution is 6.39. The summed E-state index contributed by atoms with van der Waals surface area (Å²) in [4.78, 5) is 14.8. The number of carbonyl (C=O) groups is 1. The van der Waals surface area contributed by atoms with Crippen molar-refractivity contribution in [3.63, 3.8) is 0 Å². The van der Waals surface area contributed by atoms with E-state index in [1.165, 1.54) is 0 Å². The highest BCUT2D eigenvalue weighted by atomic mass is 35.5. The van der Waals surface area contributed by atoms with Gasteiger partial charge < -0.3 is 15.2 Å². The van der Waals surface area contributed by atoms with E-state index in [-0.39, 0.29) is 24.7 Å². The fourth-order valence-corrected chi connectivity index (χ4v) is 3.91. The molecule has 3 rings (SSSR count). The van der Waals surface area contributed by atoms with Crippen LogP contribution in [0, 0.1) is 0 Å². The molecule has 2 heterocycles. The third kappa shape index (κ3) is 3.80. The first kappa shape index (κ1) is 17.0. The molecule has 126 valence electrons. The fraction of sp³-hybridized carbons (Fsp3) is 0.562. The summed E-state index contributed by atoms with van der Waals surface area (Å²) in [6, 6.07) is 5.41. The number of amides is 1. The van der Waals surface area contributed by atoms with Crippen molar-refractivity contribution in [3.8, 4) is 0 Å². The molecule has 7 heteroatoms. The van der Waals surface area contributed by atoms with E-state index >= 15 is 0 Å². The van der Waals surface area contributed by atoms with Gasteiger partial charge in [-0.05, 0) is 25.0 Å². The van der Waals surface area contributed by atoms with Crippen molar-refractivity contribution >= 4 is 29.1 Å². The van der Waals surface area contributed by atoms with Gasteiger partial charge in [0.2, 0.25) is 0 Å². The molecule has 2 aliphatic rings. The van der Waals surface area contributed by atoms with E-state index in [0.717, 1.165) is 19.5 Å². The average molecular weight is 359 g/mol. The third-order valence-corrected chi connectivity index (χ3v) is 5.10. The number of rotatable bonds is 4. The minimum atomic E-state index is -0.238. The van der Waals surface area contributed by atoms with Crippen LogP contribution in [-0.4, -0.2) is 60.4 Å². The van der Waals surface area contributed by atoms with Gasteiger partial charge in [-0.15, -0.1) is 0 Å². The molecule has 0 aromatic heterocycles. The van der Waals surface area contributed by atoms with Crippen LogP contribution < -0.4 is 5.32 Å². The maximum Gasteiger partial charge on any atom is 0.254 e. The van der Waals surface area contributed by atoms with Crippen molar-refractivity contribution in [3.05, 3.63) is 33.8 Å². The number of nitrogens with one attached hydrogen (secondary N) is 1. The fourth-order valence-electron chi connectivity index (χ4n) is 3.34. The second kappa shape index (κ2) is 7.36. The zero-order valence-corrected chi connectivity index (χ0v) is 14.2. The van der Waals surface area contributed by atoms with Crippen LogP contribution in [0.5, 0.6) is 0 Å². The number of hydrogen-bond acceptors (Lipinski definition) is 4. The maximum absolute atomic E-state index is 12.5. The first-order chi connectivity index (χ1) is 11.1. The van der Waals surface area contributed by atoms with Gasteiger partial charge in [-0.3, -0.25) is 9.69 Å². The van der Waals surface area contributed by atoms with Crippen LogP contribution in [-0.2, 0) is 4.74 Å². The summed E-state index contributed by atoms with van der Waals surface area (Å²) in [7, 11) is 0. The molecule has 1 aromatic rings. The molecule has 5 nitrogen and oxygen atoms in total. The Morgan fingerprint density at radius 2 is 2.09 bits per heavy atom. The van der Waals surface area contributed by atoms with E-state index in [1.54, 1.807) is 18.2 Å². The number of aliphatic hydroxyl groups excluding tert-OH is 1. The lowest BCUT2D eigenvalue weighted by Gasteiger charge is -2.34. The van der Waals surface area contributed by atoms with Gasteiger partial charge in [-0.25, -0.2) is 0 Å². The Labute approximate surface area is 145 Å². The highest BCUT2D eigenvalue weighted by Gasteiger charge is 2.38. The molecule has 1 amide bonds. The van der Waals surface area contributed by atoms with Crippen molar-refractivity contribution in [2.45, 2.75) is 31.0 Å². The molecule has 2 aliphatic heterocycles. The molecule has 0 radical (unpaired) electrons. The van der Waals surface area contributed by atoms with Crippen LogP contribution in [0.1, 0.15) is 23.2 Å². The monoisotopic (exact) mass is 358 g/mol. The van der Waals surface area contributed by atoms with E-state index in [0.29, 0.717) is 34.7 Å². The van der Waals surface area contributed by atoms with Crippen molar-refractivity contribution in [2.75, 3.05) is 26.3 Å². The van der Waals surface area contributed by atoms with E-state index < -0.39 is 0 Å². The molecule has 0 unspecified atom stereocenters. The van der Waals surface area contributed by atoms with Crippen molar-refractivity contribution < 1.29 is 14.6 Å². The molecular weight excluding hydrogens is 339 g/mol. The number of ether oxygens (including phenoxy) is 1. The Kier molecular flexibility index (Phi) is 5.44. The third-order valence-electron chi connectivity index (χ3n) is 4.47. The molecular formula is C16H20Cl2N2O3. The van der Waals surface area contributed by atoms with Gasteiger partial charge in [-0.2, -0.15) is 0 Å². The number of benzene rings is 1. The summed E-state index contributed by atoms with van der Waals surface area (Å²) in [5, 5.41) is 12.8. The van der Waals surface area contributed by atoms with Crippen molar-refractivity contribution in [1.82, 2.24) is 10.2 Å². The predicted molar refractivity (Wildman–Crippen MR) is 89.1 cm³/mol. The number of morpholine rings is 1. The average Bonchev–Trinajstić information content (AvgIpc) is 2.88. The standard InChI is InChI=1S/C16H20Cl2N2O3/c17-13-2-1-3-14(18)15(13)16(22)19-10-6-11-9-23-12(4-5-21)8-20(11)7-10/h1-3,10-12,21H,4-9H2,(H,19,22)/t10-,11+,12+/m1/s1. The molecule has 0 aliphatic carbocycles. The number of nitrogens with zero attached hydrogens (tertiary/aromatic N) is 1. The molecule has 0 spiro atoms. The lowest BCUT2D eigenvalue weighted by molar-refractivity contribution is -0.0566. The normalized spacial score (nSPS) is 27.7. The Morgan fingerprint density at radius 3 is 2.78 bits per heavy atom. The van der Waals surface area contributed by atoms with Crippen LogP contribution in [0.3, 0.4) is 0 Å². The van der Waals surface area contributed by atoms with Crippen molar-refractivity contribution in [1.29, 1.82) is 0 Å². The van der Waals surface area contributed by atoms with Gasteiger partial charge in [-0.1, -0.05) is 29.3 Å². The lowest BCUT2D eigenvalue weighted by Crippen LogP contribution is -2.46. The summed E-state index contributed by atoms with van der Waals surface area (Å²) in [6.07, 6.45) is 1.57. The van der Waals surface area contributed by atoms with Crippen LogP contribution >= 0.6 is 23.2 Å². The predicted octanol–water partition coefficient (Wildman–Crippen LogP) is 1.95. The highest BCUT2D eigenvalue weighted by Crippen LogP contribution is 2.27. The summed E-state index contributed by atoms with van der Waals surface area (Å²) in [5.74, 6) is -0.238. The number of halogens is 2. The molecule has 0 saturated carbocycles. The molecule has 1 aromatic carbocycles. The summed E-state index contributed by atoms with van der Waals surface area (Å²) >= 11 is 12.2. The SMILES string of the molecule is O=C(N[C@@H]1C[C@H]2CO[C@@H](CCO)CN2C1)c1c(Cl)cccc1Cl. The Hall–Kier alpha value is -0.850. The second-order valence-corrected chi connectivity index (χ2v) is 6.89. The van der Waals surface area contributed by atoms with Crippen LogP contribution in [0.25, 0.3) is 0 Å². The Morgan fingerprint density at radius 1 is 1.35 bits per heavy atom. The molecule has 0 bridgehead atoms. The largest absolute Gasteiger partial charge is 0.396 e. The number of aliphatic hydroxyl groups is 1. The zero-order chi connectivity index (χ0) is 16.4. The smallest absolute Gasteiger partial charge is 0.254 e. The topological polar surface area (TPSA) is 61.8 Å². The van der Waals surface area contributed by atoms with Gasteiger partial charge in [0.05, 0.1) is 28.3 Å². The quantitative estimate of drug-likeness (QED) is 0.863. The molecule has 2 N–H and O–H groups in total. The molecule has 23 heavy (non-hydrogen) atoms. The van der Waals surface area contributed by atoms with Gasteiger partial charge in [0.15, 0.2) is 0 Å². The Balaban J connectivity index is 1.61. The summed E-state index contributed by atoms with van der Waals surface area (Å²) < 4.78 is 5.75. The molecule has 2 saturated heterocycles. The van der Waals surface area contributed by atoms with Crippen LogP contribution in [0.4, 0.5) is 0 Å². The zero-order valence-electron chi connectivity index (χ0n) is 12.7.